The maximum atomic E-state index is 12.7. The lowest BCUT2D eigenvalue weighted by atomic mass is 10.2. The van der Waals surface area contributed by atoms with Gasteiger partial charge in [0.05, 0.1) is 14.7 Å². The van der Waals surface area contributed by atoms with Crippen LogP contribution < -0.4 is 4.72 Å². The minimum Gasteiger partial charge on any atom is -0.258 e. The molecule has 1 N–H and O–H groups in total. The smallest absolute Gasteiger partial charge is 0.258 e. The molecule has 0 saturated carbocycles. The molecule has 0 aromatic heterocycles. The first kappa shape index (κ1) is 22.3. The summed E-state index contributed by atoms with van der Waals surface area (Å²) in [4.78, 5) is 10.3. The van der Waals surface area contributed by atoms with E-state index < -0.39 is 25.0 Å². The van der Waals surface area contributed by atoms with Gasteiger partial charge < -0.3 is 0 Å². The molecule has 0 spiro atoms. The molecular formula is C19H23N3O6S2. The molecule has 0 atom stereocenters. The molecule has 1 aliphatic rings. The third-order valence-corrected chi connectivity index (χ3v) is 8.47. The van der Waals surface area contributed by atoms with Gasteiger partial charge in [0.15, 0.2) is 0 Å². The Balaban J connectivity index is 1.73. The summed E-state index contributed by atoms with van der Waals surface area (Å²) in [6.45, 7) is 2.49. The molecule has 1 aliphatic heterocycles. The van der Waals surface area contributed by atoms with Crippen LogP contribution in [0.15, 0.2) is 52.3 Å². The van der Waals surface area contributed by atoms with Crippen LogP contribution in [0.2, 0.25) is 0 Å². The molecule has 0 bridgehead atoms. The molecule has 9 nitrogen and oxygen atoms in total. The van der Waals surface area contributed by atoms with Gasteiger partial charge in [-0.25, -0.2) is 21.6 Å². The normalized spacial score (nSPS) is 15.8. The summed E-state index contributed by atoms with van der Waals surface area (Å²) in [5, 5.41) is 10.9. The van der Waals surface area contributed by atoms with Gasteiger partial charge in [0, 0.05) is 31.8 Å². The second-order valence-electron chi connectivity index (χ2n) is 7.14. The van der Waals surface area contributed by atoms with Gasteiger partial charge in [-0.15, -0.1) is 0 Å². The van der Waals surface area contributed by atoms with Gasteiger partial charge in [-0.3, -0.25) is 10.1 Å². The fraction of sp³-hybridized carbons (Fsp3) is 0.368. The number of nitro benzene ring substituents is 1. The van der Waals surface area contributed by atoms with Gasteiger partial charge in [0.25, 0.3) is 5.69 Å². The number of nitrogens with zero attached hydrogens (tertiary/aromatic N) is 2. The second-order valence-corrected chi connectivity index (χ2v) is 10.8. The van der Waals surface area contributed by atoms with Gasteiger partial charge in [-0.1, -0.05) is 24.6 Å². The number of piperidine rings is 1. The number of benzene rings is 2. The lowest BCUT2D eigenvalue weighted by molar-refractivity contribution is -0.385. The Labute approximate surface area is 176 Å². The highest BCUT2D eigenvalue weighted by molar-refractivity contribution is 7.89. The Morgan fingerprint density at radius 2 is 1.63 bits per heavy atom. The Morgan fingerprint density at radius 1 is 1.00 bits per heavy atom. The number of nitrogens with one attached hydrogen (secondary N) is 1. The van der Waals surface area contributed by atoms with E-state index in [2.05, 4.69) is 4.72 Å². The van der Waals surface area contributed by atoms with Crippen molar-refractivity contribution in [2.24, 2.45) is 0 Å². The molecule has 11 heteroatoms. The molecule has 30 heavy (non-hydrogen) atoms. The van der Waals surface area contributed by atoms with Crippen LogP contribution in [0, 0.1) is 17.0 Å². The number of nitro groups is 1. The predicted octanol–water partition coefficient (Wildman–Crippen LogP) is 2.56. The topological polar surface area (TPSA) is 127 Å². The first-order valence-electron chi connectivity index (χ1n) is 9.45. The van der Waals surface area contributed by atoms with Crippen molar-refractivity contribution in [1.82, 2.24) is 9.03 Å². The standard InChI is InChI=1S/C19H23N3O6S2/c1-15-5-8-17(22(23)24)13-19(15)29(25,26)20-14-16-6-9-18(10-7-16)30(27,28)21-11-3-2-4-12-21/h5-10,13,20H,2-4,11-12,14H2,1H3. The molecule has 0 amide bonds. The number of aryl methyl sites for hydroxylation is 1. The highest BCUT2D eigenvalue weighted by atomic mass is 32.2. The van der Waals surface area contributed by atoms with E-state index in [0.717, 1.165) is 25.3 Å². The van der Waals surface area contributed by atoms with Crippen molar-refractivity contribution in [3.8, 4) is 0 Å². The molecule has 1 fully saturated rings. The summed E-state index contributed by atoms with van der Waals surface area (Å²) in [5.74, 6) is 0. The van der Waals surface area contributed by atoms with Crippen LogP contribution in [-0.2, 0) is 26.6 Å². The van der Waals surface area contributed by atoms with Gasteiger partial charge in [0.2, 0.25) is 20.0 Å². The predicted molar refractivity (Wildman–Crippen MR) is 111 cm³/mol. The second kappa shape index (κ2) is 8.80. The van der Waals surface area contributed by atoms with Crippen LogP contribution in [-0.4, -0.2) is 39.2 Å². The highest BCUT2D eigenvalue weighted by Gasteiger charge is 2.26. The molecule has 0 radical (unpaired) electrons. The van der Waals surface area contributed by atoms with Crippen molar-refractivity contribution in [1.29, 1.82) is 0 Å². The number of hydrogen-bond acceptors (Lipinski definition) is 6. The Bertz CT molecular complexity index is 1140. The zero-order chi connectivity index (χ0) is 21.9. The first-order valence-corrected chi connectivity index (χ1v) is 12.4. The fourth-order valence-corrected chi connectivity index (χ4v) is 6.08. The molecule has 2 aromatic rings. The van der Waals surface area contributed by atoms with Crippen LogP contribution >= 0.6 is 0 Å². The summed E-state index contributed by atoms with van der Waals surface area (Å²) in [6.07, 6.45) is 2.71. The summed E-state index contributed by atoms with van der Waals surface area (Å²) in [7, 11) is -7.53. The number of sulfonamides is 2. The minimum atomic E-state index is -3.98. The Hall–Kier alpha value is -2.34. The molecule has 3 rings (SSSR count). The van der Waals surface area contributed by atoms with Crippen molar-refractivity contribution in [3.63, 3.8) is 0 Å². The summed E-state index contributed by atoms with van der Waals surface area (Å²) < 4.78 is 54.4. The van der Waals surface area contributed by atoms with Crippen molar-refractivity contribution >= 4 is 25.7 Å². The van der Waals surface area contributed by atoms with Gasteiger partial charge >= 0.3 is 0 Å². The maximum absolute atomic E-state index is 12.7. The van der Waals surface area contributed by atoms with Crippen molar-refractivity contribution < 1.29 is 21.8 Å². The van der Waals surface area contributed by atoms with Gasteiger partial charge in [0.1, 0.15) is 0 Å². The number of hydrogen-bond donors (Lipinski definition) is 1. The largest absolute Gasteiger partial charge is 0.270 e. The van der Waals surface area contributed by atoms with Crippen molar-refractivity contribution in [2.45, 2.75) is 42.5 Å². The van der Waals surface area contributed by atoms with Crippen molar-refractivity contribution in [3.05, 3.63) is 63.7 Å². The Morgan fingerprint density at radius 3 is 2.23 bits per heavy atom. The molecule has 1 saturated heterocycles. The van der Waals surface area contributed by atoms with E-state index >= 15 is 0 Å². The zero-order valence-corrected chi connectivity index (χ0v) is 18.1. The monoisotopic (exact) mass is 453 g/mol. The van der Waals surface area contributed by atoms with Crippen LogP contribution in [0.4, 0.5) is 5.69 Å². The molecule has 1 heterocycles. The molecular weight excluding hydrogens is 430 g/mol. The van der Waals surface area contributed by atoms with Crippen LogP contribution in [0.5, 0.6) is 0 Å². The van der Waals surface area contributed by atoms with E-state index in [0.29, 0.717) is 24.2 Å². The average molecular weight is 454 g/mol. The SMILES string of the molecule is Cc1ccc([N+](=O)[O-])cc1S(=O)(=O)NCc1ccc(S(=O)(=O)N2CCCCC2)cc1. The van der Waals surface area contributed by atoms with E-state index in [1.165, 1.54) is 28.6 Å². The Kier molecular flexibility index (Phi) is 6.56. The minimum absolute atomic E-state index is 0.0749. The third kappa shape index (κ3) is 4.86. The third-order valence-electron chi connectivity index (χ3n) is 5.01. The molecule has 0 aliphatic carbocycles. The lowest BCUT2D eigenvalue weighted by Gasteiger charge is -2.25. The van der Waals surface area contributed by atoms with E-state index in [1.54, 1.807) is 19.1 Å². The number of rotatable bonds is 7. The quantitative estimate of drug-likeness (QED) is 0.507. The van der Waals surface area contributed by atoms with Crippen LogP contribution in [0.25, 0.3) is 0 Å². The van der Waals surface area contributed by atoms with Gasteiger partial charge in [-0.05, 0) is 43.0 Å². The summed E-state index contributed by atoms with van der Waals surface area (Å²) >= 11 is 0. The van der Waals surface area contributed by atoms with Crippen LogP contribution in [0.1, 0.15) is 30.4 Å². The first-order chi connectivity index (χ1) is 14.1. The zero-order valence-electron chi connectivity index (χ0n) is 16.4. The molecule has 0 unspecified atom stereocenters. The van der Waals surface area contributed by atoms with Crippen LogP contribution in [0.3, 0.4) is 0 Å². The fourth-order valence-electron chi connectivity index (χ4n) is 3.28. The maximum Gasteiger partial charge on any atom is 0.270 e. The van der Waals surface area contributed by atoms with E-state index in [1.807, 2.05) is 0 Å². The van der Waals surface area contributed by atoms with Gasteiger partial charge in [-0.2, -0.15) is 4.31 Å². The molecule has 162 valence electrons. The van der Waals surface area contributed by atoms with E-state index in [-0.39, 0.29) is 22.0 Å². The van der Waals surface area contributed by atoms with E-state index in [9.17, 15) is 26.9 Å². The highest BCUT2D eigenvalue weighted by Crippen LogP contribution is 2.23. The van der Waals surface area contributed by atoms with Crippen molar-refractivity contribution in [2.75, 3.05) is 13.1 Å². The van der Waals surface area contributed by atoms with E-state index in [4.69, 9.17) is 0 Å². The summed E-state index contributed by atoms with van der Waals surface area (Å²) in [6, 6.07) is 9.69. The molecule has 2 aromatic carbocycles. The number of non-ortho nitro benzene ring substituents is 1. The summed E-state index contributed by atoms with van der Waals surface area (Å²) in [5.41, 5.74) is 0.642. The average Bonchev–Trinajstić information content (AvgIpc) is 2.73. The lowest BCUT2D eigenvalue weighted by Crippen LogP contribution is -2.35.